The number of benzene rings is 6. The molecule has 4 heterocycles. The lowest BCUT2D eigenvalue weighted by atomic mass is 10.0. The zero-order valence-electron chi connectivity index (χ0n) is 38.6. The van der Waals surface area contributed by atoms with Crippen LogP contribution in [0, 0.1) is 11.6 Å². The van der Waals surface area contributed by atoms with Gasteiger partial charge in [-0.3, -0.25) is 19.6 Å². The number of Topliss-reactive ketones (excluding diaryl/α,β-unsaturated/α-hetero) is 2. The van der Waals surface area contributed by atoms with Crippen molar-refractivity contribution in [1.29, 1.82) is 0 Å². The smallest absolute Gasteiger partial charge is 0.416 e. The molecule has 0 bridgehead atoms. The van der Waals surface area contributed by atoms with E-state index in [0.29, 0.717) is 123 Å². The van der Waals surface area contributed by atoms with Crippen molar-refractivity contribution in [1.82, 2.24) is 9.97 Å². The van der Waals surface area contributed by atoms with Crippen LogP contribution in [0.3, 0.4) is 0 Å². The number of hydrogen-bond donors (Lipinski definition) is 0. The van der Waals surface area contributed by atoms with Crippen LogP contribution in [0.5, 0.6) is 57.5 Å². The number of pyridine rings is 2. The molecule has 368 valence electrons. The van der Waals surface area contributed by atoms with E-state index >= 15 is 0 Å². The van der Waals surface area contributed by atoms with E-state index < -0.39 is 29.8 Å². The van der Waals surface area contributed by atoms with Crippen LogP contribution in [0.2, 0.25) is 0 Å². The van der Waals surface area contributed by atoms with Crippen LogP contribution < -0.4 is 37.9 Å². The minimum atomic E-state index is -4.62. The van der Waals surface area contributed by atoms with Crippen LogP contribution in [0.25, 0.3) is 21.8 Å². The third-order valence-corrected chi connectivity index (χ3v) is 11.5. The molecule has 0 saturated heterocycles. The molecule has 0 aliphatic carbocycles. The lowest BCUT2D eigenvalue weighted by Gasteiger charge is -2.23. The highest BCUT2D eigenvalue weighted by Gasteiger charge is 2.31. The molecule has 72 heavy (non-hydrogen) atoms. The lowest BCUT2D eigenvalue weighted by molar-refractivity contribution is -0.137. The number of fused-ring (bicyclic) bond motifs is 6. The number of nitrogens with zero attached hydrogens (tertiary/aromatic N) is 2. The van der Waals surface area contributed by atoms with Crippen molar-refractivity contribution >= 4 is 33.4 Å². The molecule has 8 aromatic rings. The fraction of sp³-hybridized carbons (Fsp3) is 0.200. The van der Waals surface area contributed by atoms with Gasteiger partial charge >= 0.3 is 6.18 Å². The molecule has 12 nitrogen and oxygen atoms in total. The molecule has 2 aliphatic rings. The number of carbonyl (C=O) groups excluding carboxylic acids is 2. The van der Waals surface area contributed by atoms with E-state index in [9.17, 15) is 31.5 Å². The highest BCUT2D eigenvalue weighted by Crippen LogP contribution is 2.50. The summed E-state index contributed by atoms with van der Waals surface area (Å²) in [6.45, 7) is 1.60. The molecule has 0 N–H and O–H groups in total. The molecule has 0 unspecified atom stereocenters. The summed E-state index contributed by atoms with van der Waals surface area (Å²) in [6.07, 6.45) is -1.35. The van der Waals surface area contributed by atoms with Gasteiger partial charge in [-0.05, 0) is 89.0 Å². The van der Waals surface area contributed by atoms with Gasteiger partial charge in [0.1, 0.15) is 72.6 Å². The molecule has 10 rings (SSSR count). The summed E-state index contributed by atoms with van der Waals surface area (Å²) in [7, 11) is 3.11. The van der Waals surface area contributed by atoms with E-state index in [4.69, 9.17) is 37.9 Å². The summed E-state index contributed by atoms with van der Waals surface area (Å²) < 4.78 is 112. The van der Waals surface area contributed by atoms with Gasteiger partial charge in [-0.2, -0.15) is 13.2 Å². The molecule has 2 aliphatic heterocycles. The monoisotopic (exact) mass is 986 g/mol. The van der Waals surface area contributed by atoms with E-state index in [1.807, 2.05) is 24.3 Å². The molecule has 0 radical (unpaired) electrons. The second kappa shape index (κ2) is 21.3. The number of halogens is 5. The van der Waals surface area contributed by atoms with Gasteiger partial charge in [-0.1, -0.05) is 36.4 Å². The first-order valence-electron chi connectivity index (χ1n) is 22.5. The second-order valence-corrected chi connectivity index (χ2v) is 16.5. The third-order valence-electron chi connectivity index (χ3n) is 11.5. The van der Waals surface area contributed by atoms with Crippen LogP contribution in [-0.2, 0) is 41.4 Å². The minimum Gasteiger partial charge on any atom is -0.493 e. The van der Waals surface area contributed by atoms with E-state index in [0.717, 1.165) is 17.2 Å². The molecule has 17 heteroatoms. The molecule has 2 aromatic heterocycles. The lowest BCUT2D eigenvalue weighted by Crippen LogP contribution is -2.16. The number of carbonyl (C=O) groups is 2. The van der Waals surface area contributed by atoms with Crippen molar-refractivity contribution in [3.8, 4) is 57.5 Å². The Morgan fingerprint density at radius 3 is 1.36 bits per heavy atom. The molecule has 0 fully saturated rings. The van der Waals surface area contributed by atoms with Gasteiger partial charge in [0.05, 0.1) is 41.6 Å². The van der Waals surface area contributed by atoms with Gasteiger partial charge in [-0.25, -0.2) is 8.78 Å². The Morgan fingerprint density at radius 2 is 0.931 bits per heavy atom. The Bertz CT molecular complexity index is 3280. The number of hydrogen-bond acceptors (Lipinski definition) is 12. The Kier molecular flexibility index (Phi) is 14.3. The van der Waals surface area contributed by atoms with Gasteiger partial charge in [0.15, 0.2) is 23.0 Å². The van der Waals surface area contributed by atoms with E-state index in [2.05, 4.69) is 9.97 Å². The first-order valence-corrected chi connectivity index (χ1v) is 22.5. The van der Waals surface area contributed by atoms with Gasteiger partial charge in [0.2, 0.25) is 11.5 Å². The summed E-state index contributed by atoms with van der Waals surface area (Å²) in [5.74, 6) is 3.68. The predicted molar refractivity (Wildman–Crippen MR) is 254 cm³/mol. The molecular weight excluding hydrogens is 944 g/mol. The van der Waals surface area contributed by atoms with Gasteiger partial charge in [0.25, 0.3) is 0 Å². The molecule has 6 aromatic carbocycles. The van der Waals surface area contributed by atoms with Crippen molar-refractivity contribution in [2.75, 3.05) is 40.6 Å². The standard InChI is InChI=1S/C28H21F4NO5.C27H22FNO5/c1-35-24-15-22-25(27-26(24)36-10-11-37-27)23(8-9-33-22)38-20-5-2-16(3-6-20)12-19(34)14-17-13-18(28(30,31)32)4-7-21(17)29;1-31-24-16-22-25(27-26(24)32-12-13-33-27)23(10-11-29-22)34-21-8-4-18(5-9-21)15-20(30)14-17-2-6-19(28)7-3-17/h2-9,13,15H,10-12,14H2,1H3;2-11,16H,12-15H2,1H3. The average molecular weight is 987 g/mol. The first kappa shape index (κ1) is 48.5. The number of methoxy groups -OCH3 is 2. The molecule has 0 atom stereocenters. The van der Waals surface area contributed by atoms with Crippen LogP contribution >= 0.6 is 0 Å². The summed E-state index contributed by atoms with van der Waals surface area (Å²) in [5.41, 5.74) is 2.24. The molecule has 0 saturated carbocycles. The number of ketones is 2. The fourth-order valence-electron chi connectivity index (χ4n) is 8.14. The molecular formula is C55H43F5N2O10. The van der Waals surface area contributed by atoms with Crippen molar-refractivity contribution in [3.63, 3.8) is 0 Å². The van der Waals surface area contributed by atoms with E-state index in [-0.39, 0.29) is 36.4 Å². The van der Waals surface area contributed by atoms with Crippen LogP contribution in [0.15, 0.2) is 128 Å². The Hall–Kier alpha value is -8.47. The van der Waals surface area contributed by atoms with Crippen LogP contribution in [0.4, 0.5) is 22.0 Å². The van der Waals surface area contributed by atoms with E-state index in [1.54, 1.807) is 80.2 Å². The summed E-state index contributed by atoms with van der Waals surface area (Å²) in [4.78, 5) is 33.7. The van der Waals surface area contributed by atoms with Crippen molar-refractivity contribution in [2.45, 2.75) is 31.9 Å². The van der Waals surface area contributed by atoms with Gasteiger partial charge in [-0.15, -0.1) is 0 Å². The van der Waals surface area contributed by atoms with Crippen LogP contribution in [0.1, 0.15) is 27.8 Å². The molecule has 0 amide bonds. The third kappa shape index (κ3) is 11.1. The summed E-state index contributed by atoms with van der Waals surface area (Å²) in [6, 6.07) is 29.0. The summed E-state index contributed by atoms with van der Waals surface area (Å²) >= 11 is 0. The highest BCUT2D eigenvalue weighted by molar-refractivity contribution is 5.96. The number of ether oxygens (including phenoxy) is 8. The van der Waals surface area contributed by atoms with Gasteiger partial charge in [0, 0.05) is 50.2 Å². The minimum absolute atomic E-state index is 0.0538. The fourth-order valence-corrected chi connectivity index (χ4v) is 8.14. The van der Waals surface area contributed by atoms with Gasteiger partial charge < -0.3 is 37.9 Å². The maximum Gasteiger partial charge on any atom is 0.416 e. The quantitative estimate of drug-likeness (QED) is 0.0960. The zero-order chi connectivity index (χ0) is 50.4. The van der Waals surface area contributed by atoms with Crippen molar-refractivity contribution < 1.29 is 69.4 Å². The Morgan fingerprint density at radius 1 is 0.514 bits per heavy atom. The second-order valence-electron chi connectivity index (χ2n) is 16.5. The average Bonchev–Trinajstić information content (AvgIpc) is 3.38. The molecule has 0 spiro atoms. The number of alkyl halides is 3. The maximum atomic E-state index is 14.0. The largest absolute Gasteiger partial charge is 0.493 e. The summed E-state index contributed by atoms with van der Waals surface area (Å²) in [5, 5.41) is 1.32. The predicted octanol–water partition coefficient (Wildman–Crippen LogP) is 11.6. The Labute approximate surface area is 408 Å². The highest BCUT2D eigenvalue weighted by atomic mass is 19.4. The van der Waals surface area contributed by atoms with Crippen molar-refractivity contribution in [3.05, 3.63) is 167 Å². The topological polar surface area (TPSA) is 134 Å². The maximum absolute atomic E-state index is 14.0. The Balaban J connectivity index is 0.000000179. The van der Waals surface area contributed by atoms with E-state index in [1.165, 1.54) is 19.2 Å². The van der Waals surface area contributed by atoms with Crippen LogP contribution in [-0.4, -0.2) is 62.2 Å². The number of rotatable bonds is 14. The SMILES string of the molecule is COc1cc2nccc(Oc3ccc(CC(=O)Cc4cc(C(F)(F)F)ccc4F)cc3)c2c2c1OCCO2.COc1cc2nccc(Oc3ccc(CC(=O)Cc4ccc(F)cc4)cc3)c2c2c1OCCO2. The normalized spacial score (nSPS) is 12.7. The first-order chi connectivity index (χ1) is 34.8. The van der Waals surface area contributed by atoms with Crippen molar-refractivity contribution in [2.24, 2.45) is 0 Å². The zero-order valence-corrected chi connectivity index (χ0v) is 38.6. The number of aromatic nitrogens is 2.